The predicted octanol–water partition coefficient (Wildman–Crippen LogP) is 7.64. The molecular weight excluding hydrogens is 471 g/mol. The highest BCUT2D eigenvalue weighted by molar-refractivity contribution is 6.30. The maximum atomic E-state index is 11.1. The molecule has 176 valence electrons. The topological polar surface area (TPSA) is 55.8 Å². The Kier molecular flexibility index (Phi) is 7.62. The van der Waals surface area contributed by atoms with Crippen molar-refractivity contribution in [1.29, 1.82) is 0 Å². The van der Waals surface area contributed by atoms with E-state index in [1.807, 2.05) is 67.6 Å². The summed E-state index contributed by atoms with van der Waals surface area (Å²) in [5.41, 5.74) is 3.89. The van der Waals surface area contributed by atoms with Crippen LogP contribution in [0.4, 0.5) is 0 Å². The zero-order chi connectivity index (χ0) is 24.2. The van der Waals surface area contributed by atoms with Gasteiger partial charge in [0, 0.05) is 27.4 Å². The summed E-state index contributed by atoms with van der Waals surface area (Å²) < 4.78 is 12.5. The first kappa shape index (κ1) is 24.3. The van der Waals surface area contributed by atoms with E-state index in [1.165, 1.54) is 0 Å². The molecule has 0 bridgehead atoms. The van der Waals surface area contributed by atoms with Crippen LogP contribution in [0.25, 0.3) is 0 Å². The number of aliphatic carboxylic acids is 1. The fraction of sp³-hybridized carbons (Fsp3) is 0.250. The second-order valence-corrected chi connectivity index (χ2v) is 9.47. The molecule has 6 heteroatoms. The summed E-state index contributed by atoms with van der Waals surface area (Å²) >= 11 is 12.5. The molecule has 3 aromatic carbocycles. The Balaban J connectivity index is 1.78. The highest BCUT2D eigenvalue weighted by Crippen LogP contribution is 2.53. The summed E-state index contributed by atoms with van der Waals surface area (Å²) in [6, 6.07) is 23.0. The molecule has 1 aliphatic rings. The van der Waals surface area contributed by atoms with Crippen molar-refractivity contribution in [2.24, 2.45) is 5.92 Å². The van der Waals surface area contributed by atoms with E-state index in [1.54, 1.807) is 6.07 Å². The molecule has 34 heavy (non-hydrogen) atoms. The fourth-order valence-electron chi connectivity index (χ4n) is 4.62. The lowest BCUT2D eigenvalue weighted by molar-refractivity contribution is -0.139. The summed E-state index contributed by atoms with van der Waals surface area (Å²) in [5.74, 6) is -0.514. The van der Waals surface area contributed by atoms with Crippen molar-refractivity contribution in [3.8, 4) is 5.75 Å². The average Bonchev–Trinajstić information content (AvgIpc) is 2.82. The molecule has 0 unspecified atom stereocenters. The zero-order valence-electron chi connectivity index (χ0n) is 18.8. The molecule has 1 N–H and O–H groups in total. The summed E-state index contributed by atoms with van der Waals surface area (Å²) in [4.78, 5) is 11.1. The van der Waals surface area contributed by atoms with Crippen molar-refractivity contribution < 1.29 is 19.4 Å². The summed E-state index contributed by atoms with van der Waals surface area (Å²) in [6.07, 6.45) is 0.142. The number of carboxylic acids is 1. The number of halogens is 2. The number of benzene rings is 3. The minimum absolute atomic E-state index is 0.0119. The van der Waals surface area contributed by atoms with Crippen LogP contribution in [0.1, 0.15) is 48.2 Å². The van der Waals surface area contributed by atoms with Crippen LogP contribution in [0.15, 0.2) is 84.9 Å². The lowest BCUT2D eigenvalue weighted by Crippen LogP contribution is -2.31. The standard InChI is InChI=1S/C28H26Cl2O4/c1-17(2)23-15-24(19-6-5-7-21(30)14-19)27(18-10-12-20(29)13-11-18)34-28(23)22-8-3-4-9-25(22)33-16-26(31)32/h3-14,23-24,27-28H,1,15-16H2,2H3,(H,31,32)/t23-,24-,27+,28-/m1/s1. The van der Waals surface area contributed by atoms with Gasteiger partial charge < -0.3 is 14.6 Å². The second-order valence-electron chi connectivity index (χ2n) is 8.60. The Hall–Kier alpha value is -2.79. The van der Waals surface area contributed by atoms with Gasteiger partial charge in [-0.25, -0.2) is 4.79 Å². The monoisotopic (exact) mass is 496 g/mol. The smallest absolute Gasteiger partial charge is 0.341 e. The molecule has 1 heterocycles. The minimum Gasteiger partial charge on any atom is -0.482 e. The van der Waals surface area contributed by atoms with Crippen molar-refractivity contribution in [3.63, 3.8) is 0 Å². The number of para-hydroxylation sites is 1. The molecule has 0 saturated carbocycles. The van der Waals surface area contributed by atoms with Gasteiger partial charge in [0.2, 0.25) is 0 Å². The van der Waals surface area contributed by atoms with E-state index in [-0.39, 0.29) is 24.0 Å². The van der Waals surface area contributed by atoms with Crippen LogP contribution < -0.4 is 4.74 Å². The van der Waals surface area contributed by atoms with Crippen molar-refractivity contribution in [2.45, 2.75) is 31.5 Å². The van der Waals surface area contributed by atoms with Crippen molar-refractivity contribution in [1.82, 2.24) is 0 Å². The lowest BCUT2D eigenvalue weighted by Gasteiger charge is -2.43. The van der Waals surface area contributed by atoms with Crippen LogP contribution in [-0.4, -0.2) is 17.7 Å². The van der Waals surface area contributed by atoms with Gasteiger partial charge in [-0.05, 0) is 54.8 Å². The Morgan fingerprint density at radius 3 is 2.41 bits per heavy atom. The number of carbonyl (C=O) groups is 1. The number of hydrogen-bond acceptors (Lipinski definition) is 3. The van der Waals surface area contributed by atoms with E-state index in [4.69, 9.17) is 37.8 Å². The van der Waals surface area contributed by atoms with Crippen molar-refractivity contribution in [2.75, 3.05) is 6.61 Å². The van der Waals surface area contributed by atoms with E-state index in [0.29, 0.717) is 15.8 Å². The molecule has 4 rings (SSSR count). The van der Waals surface area contributed by atoms with Gasteiger partial charge in [-0.1, -0.05) is 77.8 Å². The van der Waals surface area contributed by atoms with E-state index in [9.17, 15) is 4.79 Å². The lowest BCUT2D eigenvalue weighted by atomic mass is 9.74. The number of carboxylic acid groups (broad SMARTS) is 1. The third kappa shape index (κ3) is 5.47. The van der Waals surface area contributed by atoms with Gasteiger partial charge in [-0.3, -0.25) is 0 Å². The van der Waals surface area contributed by atoms with Crippen LogP contribution in [0.3, 0.4) is 0 Å². The van der Waals surface area contributed by atoms with Crippen LogP contribution in [0.2, 0.25) is 10.0 Å². The molecule has 1 fully saturated rings. The Bertz CT molecular complexity index is 1180. The van der Waals surface area contributed by atoms with E-state index < -0.39 is 12.6 Å². The van der Waals surface area contributed by atoms with Gasteiger partial charge in [0.15, 0.2) is 6.61 Å². The normalized spacial score (nSPS) is 22.2. The van der Waals surface area contributed by atoms with E-state index >= 15 is 0 Å². The molecule has 0 aliphatic carbocycles. The highest BCUT2D eigenvalue weighted by atomic mass is 35.5. The van der Waals surface area contributed by atoms with Gasteiger partial charge in [0.05, 0.1) is 12.2 Å². The minimum atomic E-state index is -1.03. The molecule has 4 atom stereocenters. The van der Waals surface area contributed by atoms with Crippen LogP contribution >= 0.6 is 23.2 Å². The van der Waals surface area contributed by atoms with Gasteiger partial charge in [-0.2, -0.15) is 0 Å². The largest absolute Gasteiger partial charge is 0.482 e. The van der Waals surface area contributed by atoms with Crippen LogP contribution in [0, 0.1) is 5.92 Å². The third-order valence-corrected chi connectivity index (χ3v) is 6.70. The molecule has 3 aromatic rings. The Morgan fingerprint density at radius 2 is 1.74 bits per heavy atom. The van der Waals surface area contributed by atoms with Crippen LogP contribution in [0.5, 0.6) is 5.75 Å². The molecule has 0 radical (unpaired) electrons. The predicted molar refractivity (Wildman–Crippen MR) is 135 cm³/mol. The fourth-order valence-corrected chi connectivity index (χ4v) is 4.94. The first-order valence-electron chi connectivity index (χ1n) is 11.1. The first-order chi connectivity index (χ1) is 16.3. The maximum Gasteiger partial charge on any atom is 0.341 e. The zero-order valence-corrected chi connectivity index (χ0v) is 20.3. The summed E-state index contributed by atoms with van der Waals surface area (Å²) in [7, 11) is 0. The van der Waals surface area contributed by atoms with Gasteiger partial charge in [0.25, 0.3) is 0 Å². The Labute approximate surface area is 209 Å². The first-order valence-corrected chi connectivity index (χ1v) is 11.8. The molecule has 0 aromatic heterocycles. The van der Waals surface area contributed by atoms with Gasteiger partial charge in [0.1, 0.15) is 5.75 Å². The summed E-state index contributed by atoms with van der Waals surface area (Å²) in [5, 5.41) is 10.5. The molecule has 1 saturated heterocycles. The average molecular weight is 497 g/mol. The second kappa shape index (κ2) is 10.6. The third-order valence-electron chi connectivity index (χ3n) is 6.22. The quantitative estimate of drug-likeness (QED) is 0.341. The van der Waals surface area contributed by atoms with E-state index in [2.05, 4.69) is 12.6 Å². The van der Waals surface area contributed by atoms with E-state index in [0.717, 1.165) is 28.7 Å². The van der Waals surface area contributed by atoms with Gasteiger partial charge in [-0.15, -0.1) is 0 Å². The number of hydrogen-bond donors (Lipinski definition) is 1. The maximum absolute atomic E-state index is 11.1. The molecule has 0 amide bonds. The highest BCUT2D eigenvalue weighted by Gasteiger charge is 2.41. The van der Waals surface area contributed by atoms with Crippen LogP contribution in [-0.2, 0) is 9.53 Å². The van der Waals surface area contributed by atoms with Crippen molar-refractivity contribution >= 4 is 29.2 Å². The molecule has 4 nitrogen and oxygen atoms in total. The Morgan fingerprint density at radius 1 is 1.00 bits per heavy atom. The molecule has 1 aliphatic heterocycles. The molecular formula is C28H26Cl2O4. The molecule has 0 spiro atoms. The SMILES string of the molecule is C=C(C)[C@H]1C[C@H](c2cccc(Cl)c2)[C@H](c2ccc(Cl)cc2)O[C@@H]1c1ccccc1OCC(=O)O. The van der Waals surface area contributed by atoms with Gasteiger partial charge >= 0.3 is 5.97 Å². The number of ether oxygens (including phenoxy) is 2. The summed E-state index contributed by atoms with van der Waals surface area (Å²) in [6.45, 7) is 5.83. The van der Waals surface area contributed by atoms with Crippen molar-refractivity contribution in [3.05, 3.63) is 112 Å². The number of rotatable bonds is 7.